The molecule has 1 heterocycles. The smallest absolute Gasteiger partial charge is 0.255 e. The molecule has 1 fully saturated rings. The van der Waals surface area contributed by atoms with Gasteiger partial charge in [0.1, 0.15) is 5.75 Å². The molecule has 0 saturated carbocycles. The van der Waals surface area contributed by atoms with Crippen molar-refractivity contribution in [3.05, 3.63) is 29.3 Å². The molecular formula is C15H21NO3. The van der Waals surface area contributed by atoms with E-state index in [2.05, 4.69) is 12.2 Å². The van der Waals surface area contributed by atoms with Crippen LogP contribution in [-0.2, 0) is 11.2 Å². The van der Waals surface area contributed by atoms with E-state index in [1.807, 2.05) is 18.2 Å². The van der Waals surface area contributed by atoms with E-state index in [-0.39, 0.29) is 11.9 Å². The van der Waals surface area contributed by atoms with Crippen LogP contribution < -0.4 is 10.1 Å². The highest BCUT2D eigenvalue weighted by Crippen LogP contribution is 2.21. The molecule has 4 heteroatoms. The molecule has 0 atom stereocenters. The topological polar surface area (TPSA) is 47.6 Å². The quantitative estimate of drug-likeness (QED) is 0.905. The molecule has 104 valence electrons. The van der Waals surface area contributed by atoms with Gasteiger partial charge in [0, 0.05) is 19.3 Å². The lowest BCUT2D eigenvalue weighted by atomic mass is 10.1. The van der Waals surface area contributed by atoms with Crippen LogP contribution in [0.3, 0.4) is 0 Å². The molecule has 0 aliphatic carbocycles. The van der Waals surface area contributed by atoms with Crippen molar-refractivity contribution in [1.29, 1.82) is 0 Å². The molecule has 1 N–H and O–H groups in total. The Labute approximate surface area is 114 Å². The van der Waals surface area contributed by atoms with Crippen molar-refractivity contribution >= 4 is 5.91 Å². The van der Waals surface area contributed by atoms with Gasteiger partial charge >= 0.3 is 0 Å². The molecule has 0 unspecified atom stereocenters. The summed E-state index contributed by atoms with van der Waals surface area (Å²) in [6.45, 7) is 3.52. The van der Waals surface area contributed by atoms with Gasteiger partial charge in [0.25, 0.3) is 5.91 Å². The summed E-state index contributed by atoms with van der Waals surface area (Å²) < 4.78 is 10.6. The minimum Gasteiger partial charge on any atom is -0.496 e. The van der Waals surface area contributed by atoms with Crippen molar-refractivity contribution in [2.24, 2.45) is 0 Å². The number of rotatable bonds is 4. The second-order valence-corrected chi connectivity index (χ2v) is 4.75. The fraction of sp³-hybridized carbons (Fsp3) is 0.533. The average Bonchev–Trinajstić information content (AvgIpc) is 2.47. The molecule has 1 aromatic carbocycles. The van der Waals surface area contributed by atoms with Crippen LogP contribution in [0.4, 0.5) is 0 Å². The maximum atomic E-state index is 12.3. The number of aryl methyl sites for hydroxylation is 1. The van der Waals surface area contributed by atoms with Gasteiger partial charge < -0.3 is 14.8 Å². The zero-order valence-corrected chi connectivity index (χ0v) is 11.6. The number of hydrogen-bond donors (Lipinski definition) is 1. The van der Waals surface area contributed by atoms with Crippen molar-refractivity contribution in [3.63, 3.8) is 0 Å². The summed E-state index contributed by atoms with van der Waals surface area (Å²) in [5.41, 5.74) is 1.77. The minimum absolute atomic E-state index is 0.0635. The summed E-state index contributed by atoms with van der Waals surface area (Å²) in [4.78, 5) is 12.3. The fourth-order valence-electron chi connectivity index (χ4n) is 2.25. The van der Waals surface area contributed by atoms with Crippen LogP contribution in [-0.4, -0.2) is 32.3 Å². The molecule has 0 radical (unpaired) electrons. The Balaban J connectivity index is 2.09. The van der Waals surface area contributed by atoms with E-state index in [1.165, 1.54) is 5.56 Å². The number of methoxy groups -OCH3 is 1. The van der Waals surface area contributed by atoms with E-state index >= 15 is 0 Å². The van der Waals surface area contributed by atoms with Gasteiger partial charge in [-0.1, -0.05) is 13.0 Å². The Hall–Kier alpha value is -1.55. The van der Waals surface area contributed by atoms with Crippen LogP contribution in [0, 0.1) is 0 Å². The summed E-state index contributed by atoms with van der Waals surface area (Å²) in [7, 11) is 1.60. The number of amides is 1. The molecule has 1 aliphatic heterocycles. The van der Waals surface area contributed by atoms with E-state index in [1.54, 1.807) is 7.11 Å². The molecule has 0 bridgehead atoms. The van der Waals surface area contributed by atoms with E-state index in [4.69, 9.17) is 9.47 Å². The third-order valence-electron chi connectivity index (χ3n) is 3.48. The summed E-state index contributed by atoms with van der Waals surface area (Å²) >= 11 is 0. The third kappa shape index (κ3) is 3.47. The average molecular weight is 263 g/mol. The lowest BCUT2D eigenvalue weighted by molar-refractivity contribution is 0.0695. The van der Waals surface area contributed by atoms with Crippen molar-refractivity contribution in [2.45, 2.75) is 32.2 Å². The number of benzene rings is 1. The van der Waals surface area contributed by atoms with Gasteiger partial charge in [-0.2, -0.15) is 0 Å². The summed E-state index contributed by atoms with van der Waals surface area (Å²) in [5, 5.41) is 3.05. The van der Waals surface area contributed by atoms with Crippen LogP contribution in [0.2, 0.25) is 0 Å². The van der Waals surface area contributed by atoms with Crippen LogP contribution in [0.25, 0.3) is 0 Å². The fourth-order valence-corrected chi connectivity index (χ4v) is 2.25. The van der Waals surface area contributed by atoms with Crippen molar-refractivity contribution < 1.29 is 14.3 Å². The molecule has 19 heavy (non-hydrogen) atoms. The minimum atomic E-state index is -0.0635. The second kappa shape index (κ2) is 6.57. The van der Waals surface area contributed by atoms with Crippen molar-refractivity contribution in [3.8, 4) is 5.75 Å². The molecule has 1 amide bonds. The highest BCUT2D eigenvalue weighted by molar-refractivity contribution is 5.97. The molecule has 0 spiro atoms. The van der Waals surface area contributed by atoms with Gasteiger partial charge in [-0.05, 0) is 37.0 Å². The van der Waals surface area contributed by atoms with E-state index in [9.17, 15) is 4.79 Å². The Kier molecular flexibility index (Phi) is 4.80. The lowest BCUT2D eigenvalue weighted by Gasteiger charge is -2.23. The molecular weight excluding hydrogens is 242 g/mol. The largest absolute Gasteiger partial charge is 0.496 e. The van der Waals surface area contributed by atoms with Gasteiger partial charge in [-0.15, -0.1) is 0 Å². The molecule has 2 rings (SSSR count). The summed E-state index contributed by atoms with van der Waals surface area (Å²) in [6.07, 6.45) is 2.68. The zero-order valence-electron chi connectivity index (χ0n) is 11.6. The first-order chi connectivity index (χ1) is 9.24. The van der Waals surface area contributed by atoms with E-state index in [0.717, 1.165) is 32.5 Å². The van der Waals surface area contributed by atoms with Gasteiger partial charge in [-0.25, -0.2) is 0 Å². The highest BCUT2D eigenvalue weighted by atomic mass is 16.5. The van der Waals surface area contributed by atoms with Gasteiger partial charge in [0.05, 0.1) is 12.7 Å². The van der Waals surface area contributed by atoms with Crippen LogP contribution >= 0.6 is 0 Å². The first kappa shape index (κ1) is 13.9. The number of carbonyl (C=O) groups is 1. The highest BCUT2D eigenvalue weighted by Gasteiger charge is 2.19. The van der Waals surface area contributed by atoms with Crippen LogP contribution in [0.5, 0.6) is 5.75 Å². The van der Waals surface area contributed by atoms with Gasteiger partial charge in [0.2, 0.25) is 0 Å². The van der Waals surface area contributed by atoms with Gasteiger partial charge in [-0.3, -0.25) is 4.79 Å². The monoisotopic (exact) mass is 263 g/mol. The number of carbonyl (C=O) groups excluding carboxylic acids is 1. The zero-order chi connectivity index (χ0) is 13.7. The van der Waals surface area contributed by atoms with Crippen molar-refractivity contribution in [2.75, 3.05) is 20.3 Å². The van der Waals surface area contributed by atoms with Crippen LogP contribution in [0.15, 0.2) is 18.2 Å². The molecule has 1 aliphatic rings. The Morgan fingerprint density at radius 2 is 2.16 bits per heavy atom. The lowest BCUT2D eigenvalue weighted by Crippen LogP contribution is -2.39. The molecule has 4 nitrogen and oxygen atoms in total. The Bertz CT molecular complexity index is 439. The third-order valence-corrected chi connectivity index (χ3v) is 3.48. The number of hydrogen-bond acceptors (Lipinski definition) is 3. The first-order valence-electron chi connectivity index (χ1n) is 6.80. The van der Waals surface area contributed by atoms with E-state index < -0.39 is 0 Å². The Morgan fingerprint density at radius 1 is 1.42 bits per heavy atom. The molecule has 0 aromatic heterocycles. The first-order valence-corrected chi connectivity index (χ1v) is 6.80. The normalized spacial score (nSPS) is 16.1. The standard InChI is InChI=1S/C15H21NO3/c1-3-11-4-5-13(14(10-11)18-2)15(17)16-12-6-8-19-9-7-12/h4-5,10,12H,3,6-9H2,1-2H3,(H,16,17). The Morgan fingerprint density at radius 3 is 2.79 bits per heavy atom. The maximum absolute atomic E-state index is 12.3. The molecule has 1 saturated heterocycles. The molecule has 1 aromatic rings. The second-order valence-electron chi connectivity index (χ2n) is 4.75. The van der Waals surface area contributed by atoms with Gasteiger partial charge in [0.15, 0.2) is 0 Å². The van der Waals surface area contributed by atoms with E-state index in [0.29, 0.717) is 11.3 Å². The predicted octanol–water partition coefficient (Wildman–Crippen LogP) is 2.17. The number of nitrogens with one attached hydrogen (secondary N) is 1. The maximum Gasteiger partial charge on any atom is 0.255 e. The number of ether oxygens (including phenoxy) is 2. The summed E-state index contributed by atoms with van der Waals surface area (Å²) in [5.74, 6) is 0.579. The SMILES string of the molecule is CCc1ccc(C(=O)NC2CCOCC2)c(OC)c1. The van der Waals surface area contributed by atoms with Crippen LogP contribution in [0.1, 0.15) is 35.7 Å². The predicted molar refractivity (Wildman–Crippen MR) is 73.7 cm³/mol. The summed E-state index contributed by atoms with van der Waals surface area (Å²) in [6, 6.07) is 5.95. The van der Waals surface area contributed by atoms with Crippen molar-refractivity contribution in [1.82, 2.24) is 5.32 Å².